The third kappa shape index (κ3) is 2.48. The molecule has 1 aromatic carbocycles. The fraction of sp³-hybridized carbons (Fsp3) is 0.500. The Morgan fingerprint density at radius 1 is 1.30 bits per heavy atom. The van der Waals surface area contributed by atoms with E-state index in [4.69, 9.17) is 4.52 Å². The van der Waals surface area contributed by atoms with Crippen LogP contribution in [0.25, 0.3) is 0 Å². The van der Waals surface area contributed by atoms with Gasteiger partial charge in [0.2, 0.25) is 5.89 Å². The molecule has 0 radical (unpaired) electrons. The molecule has 1 aliphatic carbocycles. The van der Waals surface area contributed by atoms with E-state index in [0.29, 0.717) is 6.04 Å². The molecule has 106 valence electrons. The van der Waals surface area contributed by atoms with Crippen LogP contribution < -0.4 is 5.32 Å². The molecule has 0 aliphatic heterocycles. The fourth-order valence-corrected chi connectivity index (χ4v) is 2.74. The van der Waals surface area contributed by atoms with Crippen LogP contribution in [0.15, 0.2) is 34.9 Å². The van der Waals surface area contributed by atoms with Gasteiger partial charge in [0.15, 0.2) is 5.82 Å². The summed E-state index contributed by atoms with van der Waals surface area (Å²) in [6.45, 7) is 5.19. The molecule has 1 heterocycles. The van der Waals surface area contributed by atoms with Gasteiger partial charge in [0.25, 0.3) is 0 Å². The number of hydrogen-bond donors (Lipinski definition) is 1. The van der Waals surface area contributed by atoms with Gasteiger partial charge in [0.05, 0.1) is 5.41 Å². The standard InChI is InChI=1S/C16H21N3O/c1-3-17-12(2)11-14-18-15(19-20-14)16(9-10-16)13-7-5-4-6-8-13/h4-8,12,17H,3,9-11H2,1-2H3. The molecule has 1 saturated carbocycles. The highest BCUT2D eigenvalue weighted by atomic mass is 16.5. The van der Waals surface area contributed by atoms with E-state index in [1.807, 2.05) is 6.07 Å². The first kappa shape index (κ1) is 13.3. The summed E-state index contributed by atoms with van der Waals surface area (Å²) in [5.41, 5.74) is 1.30. The molecule has 0 amide bonds. The van der Waals surface area contributed by atoms with Crippen LogP contribution in [0.4, 0.5) is 0 Å². The van der Waals surface area contributed by atoms with Crippen LogP contribution in [-0.2, 0) is 11.8 Å². The average molecular weight is 271 g/mol. The first-order chi connectivity index (χ1) is 9.74. The maximum atomic E-state index is 5.43. The second-order valence-electron chi connectivity index (χ2n) is 5.62. The van der Waals surface area contributed by atoms with E-state index in [0.717, 1.165) is 37.5 Å². The van der Waals surface area contributed by atoms with E-state index in [-0.39, 0.29) is 5.41 Å². The second-order valence-corrected chi connectivity index (χ2v) is 5.62. The van der Waals surface area contributed by atoms with Crippen molar-refractivity contribution in [3.05, 3.63) is 47.6 Å². The summed E-state index contributed by atoms with van der Waals surface area (Å²) >= 11 is 0. The fourth-order valence-electron chi connectivity index (χ4n) is 2.74. The third-order valence-corrected chi connectivity index (χ3v) is 4.01. The molecule has 1 atom stereocenters. The maximum absolute atomic E-state index is 5.43. The van der Waals surface area contributed by atoms with Crippen LogP contribution in [0, 0.1) is 0 Å². The molecule has 4 nitrogen and oxygen atoms in total. The lowest BCUT2D eigenvalue weighted by Gasteiger charge is -2.10. The van der Waals surface area contributed by atoms with Gasteiger partial charge in [-0.1, -0.05) is 42.4 Å². The van der Waals surface area contributed by atoms with E-state index < -0.39 is 0 Å². The summed E-state index contributed by atoms with van der Waals surface area (Å²) < 4.78 is 5.43. The zero-order chi connectivity index (χ0) is 14.0. The molecule has 20 heavy (non-hydrogen) atoms. The van der Waals surface area contributed by atoms with Gasteiger partial charge in [0, 0.05) is 12.5 Å². The van der Waals surface area contributed by atoms with E-state index in [9.17, 15) is 0 Å². The maximum Gasteiger partial charge on any atom is 0.228 e. The van der Waals surface area contributed by atoms with Crippen molar-refractivity contribution in [2.45, 2.75) is 44.6 Å². The van der Waals surface area contributed by atoms with Crippen LogP contribution in [-0.4, -0.2) is 22.7 Å². The quantitative estimate of drug-likeness (QED) is 0.877. The normalized spacial score (nSPS) is 17.9. The first-order valence-electron chi connectivity index (χ1n) is 7.36. The summed E-state index contributed by atoms with van der Waals surface area (Å²) in [5.74, 6) is 1.58. The van der Waals surface area contributed by atoms with Crippen LogP contribution in [0.5, 0.6) is 0 Å². The van der Waals surface area contributed by atoms with Crippen molar-refractivity contribution in [2.24, 2.45) is 0 Å². The summed E-state index contributed by atoms with van der Waals surface area (Å²) in [4.78, 5) is 4.63. The largest absolute Gasteiger partial charge is 0.339 e. The molecule has 1 N–H and O–H groups in total. The molecular formula is C16H21N3O. The minimum atomic E-state index is 0.00440. The van der Waals surface area contributed by atoms with Gasteiger partial charge in [-0.25, -0.2) is 0 Å². The van der Waals surface area contributed by atoms with E-state index in [1.165, 1.54) is 5.56 Å². The number of hydrogen-bond acceptors (Lipinski definition) is 4. The minimum Gasteiger partial charge on any atom is -0.339 e. The predicted molar refractivity (Wildman–Crippen MR) is 77.6 cm³/mol. The van der Waals surface area contributed by atoms with E-state index in [1.54, 1.807) is 0 Å². The van der Waals surface area contributed by atoms with Gasteiger partial charge in [-0.15, -0.1) is 0 Å². The Hall–Kier alpha value is -1.68. The first-order valence-corrected chi connectivity index (χ1v) is 7.36. The van der Waals surface area contributed by atoms with Crippen molar-refractivity contribution in [2.75, 3.05) is 6.54 Å². The van der Waals surface area contributed by atoms with Gasteiger partial charge in [-0.2, -0.15) is 4.98 Å². The highest BCUT2D eigenvalue weighted by Gasteiger charge is 2.49. The Morgan fingerprint density at radius 3 is 2.70 bits per heavy atom. The van der Waals surface area contributed by atoms with Crippen molar-refractivity contribution < 1.29 is 4.52 Å². The summed E-state index contributed by atoms with van der Waals surface area (Å²) in [6.07, 6.45) is 3.00. The van der Waals surface area contributed by atoms with Crippen molar-refractivity contribution in [3.8, 4) is 0 Å². The molecule has 0 bridgehead atoms. The minimum absolute atomic E-state index is 0.00440. The van der Waals surface area contributed by atoms with Crippen molar-refractivity contribution in [3.63, 3.8) is 0 Å². The zero-order valence-electron chi connectivity index (χ0n) is 12.1. The Bertz CT molecular complexity index is 560. The molecular weight excluding hydrogens is 250 g/mol. The molecule has 1 aromatic heterocycles. The Kier molecular flexibility index (Phi) is 3.57. The van der Waals surface area contributed by atoms with E-state index >= 15 is 0 Å². The van der Waals surface area contributed by atoms with Gasteiger partial charge in [0.1, 0.15) is 0 Å². The molecule has 2 aromatic rings. The number of nitrogens with zero attached hydrogens (tertiary/aromatic N) is 2. The number of likely N-dealkylation sites (N-methyl/N-ethyl adjacent to an activating group) is 1. The zero-order valence-corrected chi connectivity index (χ0v) is 12.1. The van der Waals surface area contributed by atoms with Crippen molar-refractivity contribution in [1.82, 2.24) is 15.5 Å². The van der Waals surface area contributed by atoms with Gasteiger partial charge < -0.3 is 9.84 Å². The Balaban J connectivity index is 1.77. The van der Waals surface area contributed by atoms with Crippen LogP contribution >= 0.6 is 0 Å². The van der Waals surface area contributed by atoms with Crippen LogP contribution in [0.2, 0.25) is 0 Å². The predicted octanol–water partition coefficient (Wildman–Crippen LogP) is 2.69. The van der Waals surface area contributed by atoms with Gasteiger partial charge >= 0.3 is 0 Å². The second kappa shape index (κ2) is 5.37. The lowest BCUT2D eigenvalue weighted by atomic mass is 9.95. The molecule has 1 aliphatic rings. The van der Waals surface area contributed by atoms with Crippen LogP contribution in [0.3, 0.4) is 0 Å². The van der Waals surface area contributed by atoms with E-state index in [2.05, 4.69) is 53.6 Å². The third-order valence-electron chi connectivity index (χ3n) is 4.01. The Labute approximate surface area is 119 Å². The molecule has 3 rings (SSSR count). The summed E-state index contributed by atoms with van der Waals surface area (Å²) in [7, 11) is 0. The number of benzene rings is 1. The molecule has 1 unspecified atom stereocenters. The van der Waals surface area contributed by atoms with Crippen molar-refractivity contribution in [1.29, 1.82) is 0 Å². The summed E-state index contributed by atoms with van der Waals surface area (Å²) in [5, 5.41) is 7.59. The molecule has 0 spiro atoms. The van der Waals surface area contributed by atoms with Crippen LogP contribution in [0.1, 0.15) is 44.0 Å². The highest BCUT2D eigenvalue weighted by Crippen LogP contribution is 2.52. The number of nitrogens with one attached hydrogen (secondary N) is 1. The monoisotopic (exact) mass is 271 g/mol. The topological polar surface area (TPSA) is 51.0 Å². The van der Waals surface area contributed by atoms with Gasteiger partial charge in [-0.3, -0.25) is 0 Å². The molecule has 1 fully saturated rings. The average Bonchev–Trinajstić information content (AvgIpc) is 3.15. The number of rotatable bonds is 6. The molecule has 0 saturated heterocycles. The Morgan fingerprint density at radius 2 is 2.05 bits per heavy atom. The highest BCUT2D eigenvalue weighted by molar-refractivity contribution is 5.38. The lowest BCUT2D eigenvalue weighted by Crippen LogP contribution is -2.27. The van der Waals surface area contributed by atoms with Gasteiger partial charge in [-0.05, 0) is 31.9 Å². The van der Waals surface area contributed by atoms with Crippen molar-refractivity contribution >= 4 is 0 Å². The number of aromatic nitrogens is 2. The SMILES string of the molecule is CCNC(C)Cc1nc(C2(c3ccccc3)CC2)no1. The molecule has 4 heteroatoms. The summed E-state index contributed by atoms with van der Waals surface area (Å²) in [6, 6.07) is 10.9. The lowest BCUT2D eigenvalue weighted by molar-refractivity contribution is 0.356. The smallest absolute Gasteiger partial charge is 0.228 e.